The van der Waals surface area contributed by atoms with Gasteiger partial charge in [-0.25, -0.2) is 18.4 Å². The fourth-order valence-electron chi connectivity index (χ4n) is 2.69. The Morgan fingerprint density at radius 3 is 2.54 bits per heavy atom. The molecule has 0 aliphatic heterocycles. The van der Waals surface area contributed by atoms with Crippen LogP contribution in [0.1, 0.15) is 0 Å². The Labute approximate surface area is 160 Å². The van der Waals surface area contributed by atoms with Gasteiger partial charge in [-0.1, -0.05) is 40.0 Å². The summed E-state index contributed by atoms with van der Waals surface area (Å²) in [5.41, 5.74) is 1.59. The molecule has 4 aromatic rings. The molecule has 2 aromatic carbocycles. The van der Waals surface area contributed by atoms with Crippen molar-refractivity contribution >= 4 is 45.8 Å². The second-order valence-electron chi connectivity index (χ2n) is 5.38. The van der Waals surface area contributed by atoms with Gasteiger partial charge in [-0.2, -0.15) is 0 Å². The first-order chi connectivity index (χ1) is 12.5. The average molecular weight is 412 g/mol. The lowest BCUT2D eigenvalue weighted by Gasteiger charge is -2.13. The van der Waals surface area contributed by atoms with Crippen LogP contribution >= 0.6 is 34.8 Å². The number of rotatable bonds is 2. The van der Waals surface area contributed by atoms with Crippen molar-refractivity contribution in [2.75, 3.05) is 0 Å². The first-order valence-electron chi connectivity index (χ1n) is 7.26. The van der Waals surface area contributed by atoms with Gasteiger partial charge in [0.25, 0.3) is 0 Å². The highest BCUT2D eigenvalue weighted by Crippen LogP contribution is 2.38. The highest BCUT2D eigenvalue weighted by Gasteiger charge is 2.20. The highest BCUT2D eigenvalue weighted by molar-refractivity contribution is 6.36. The van der Waals surface area contributed by atoms with Gasteiger partial charge in [0, 0.05) is 22.3 Å². The Bertz CT molecular complexity index is 1160. The molecule has 2 aromatic heterocycles. The maximum absolute atomic E-state index is 14.5. The van der Waals surface area contributed by atoms with E-state index in [2.05, 4.69) is 15.3 Å². The first-order valence-corrected chi connectivity index (χ1v) is 8.40. The van der Waals surface area contributed by atoms with E-state index in [4.69, 9.17) is 34.8 Å². The molecule has 0 radical (unpaired) electrons. The number of nitrogens with zero attached hydrogens (tertiary/aromatic N) is 4. The van der Waals surface area contributed by atoms with Gasteiger partial charge in [-0.15, -0.1) is 5.10 Å². The second kappa shape index (κ2) is 6.46. The summed E-state index contributed by atoms with van der Waals surface area (Å²) in [5.74, 6) is -1.09. The molecule has 0 atom stereocenters. The van der Waals surface area contributed by atoms with Crippen LogP contribution in [-0.2, 0) is 0 Å². The molecule has 9 heteroatoms. The van der Waals surface area contributed by atoms with Gasteiger partial charge in [0.2, 0.25) is 0 Å². The van der Waals surface area contributed by atoms with E-state index in [1.807, 2.05) is 0 Å². The minimum absolute atomic E-state index is 0.106. The molecular weight excluding hydrogens is 405 g/mol. The van der Waals surface area contributed by atoms with Gasteiger partial charge in [-0.3, -0.25) is 0 Å². The van der Waals surface area contributed by atoms with Crippen LogP contribution in [0, 0.1) is 11.6 Å². The van der Waals surface area contributed by atoms with Gasteiger partial charge in [0.1, 0.15) is 22.0 Å². The van der Waals surface area contributed by atoms with Gasteiger partial charge in [0.15, 0.2) is 5.82 Å². The fraction of sp³-hybridized carbons (Fsp3) is 0. The summed E-state index contributed by atoms with van der Waals surface area (Å²) in [4.78, 5) is 4.04. The van der Waals surface area contributed by atoms with E-state index in [0.717, 1.165) is 12.1 Å². The number of aromatic nitrogens is 4. The van der Waals surface area contributed by atoms with Gasteiger partial charge >= 0.3 is 0 Å². The SMILES string of the molecule is Fc1ccc(-c2c(-n3nnc4cc(Cl)cc(F)c43)ccnc2Cl)c(Cl)c1. The monoisotopic (exact) mass is 410 g/mol. The van der Waals surface area contributed by atoms with E-state index in [1.54, 1.807) is 6.07 Å². The smallest absolute Gasteiger partial charge is 0.152 e. The standard InChI is InChI=1S/C17H7Cl3F2N4/c18-8-5-12(22)16-13(6-8)24-25-26(16)14-3-4-23-17(20)15(14)10-2-1-9(21)7-11(10)19/h1-7H. The van der Waals surface area contributed by atoms with Crippen LogP contribution in [0.5, 0.6) is 0 Å². The molecule has 4 rings (SSSR count). The van der Waals surface area contributed by atoms with E-state index in [0.29, 0.717) is 16.8 Å². The average Bonchev–Trinajstić information content (AvgIpc) is 2.99. The third kappa shape index (κ3) is 2.80. The number of benzene rings is 2. The summed E-state index contributed by atoms with van der Waals surface area (Å²) in [5, 5.41) is 8.40. The molecule has 0 bridgehead atoms. The molecule has 4 nitrogen and oxygen atoms in total. The van der Waals surface area contributed by atoms with E-state index < -0.39 is 11.6 Å². The summed E-state index contributed by atoms with van der Waals surface area (Å²) in [6, 6.07) is 8.12. The topological polar surface area (TPSA) is 43.6 Å². The lowest BCUT2D eigenvalue weighted by molar-refractivity contribution is 0.628. The zero-order chi connectivity index (χ0) is 18.4. The quantitative estimate of drug-likeness (QED) is 0.396. The molecule has 0 saturated heterocycles. The zero-order valence-electron chi connectivity index (χ0n) is 12.7. The van der Waals surface area contributed by atoms with E-state index >= 15 is 0 Å². The molecule has 0 saturated carbocycles. The van der Waals surface area contributed by atoms with Crippen LogP contribution in [0.15, 0.2) is 42.6 Å². The van der Waals surface area contributed by atoms with Crippen molar-refractivity contribution < 1.29 is 8.78 Å². The minimum atomic E-state index is -0.596. The fourth-order valence-corrected chi connectivity index (χ4v) is 3.41. The summed E-state index contributed by atoms with van der Waals surface area (Å²) in [6.45, 7) is 0. The molecule has 130 valence electrons. The molecule has 0 amide bonds. The van der Waals surface area contributed by atoms with Crippen molar-refractivity contribution in [2.24, 2.45) is 0 Å². The van der Waals surface area contributed by atoms with Crippen molar-refractivity contribution in [2.45, 2.75) is 0 Å². The van der Waals surface area contributed by atoms with Crippen LogP contribution < -0.4 is 0 Å². The van der Waals surface area contributed by atoms with Crippen molar-refractivity contribution in [1.29, 1.82) is 0 Å². The Balaban J connectivity index is 2.04. The molecular formula is C17H7Cl3F2N4. The van der Waals surface area contributed by atoms with Gasteiger partial charge in [0.05, 0.1) is 10.7 Å². The predicted molar refractivity (Wildman–Crippen MR) is 97.0 cm³/mol. The maximum atomic E-state index is 14.5. The van der Waals surface area contributed by atoms with E-state index in [9.17, 15) is 8.78 Å². The summed E-state index contributed by atoms with van der Waals surface area (Å²) < 4.78 is 29.2. The Morgan fingerprint density at radius 2 is 1.77 bits per heavy atom. The minimum Gasteiger partial charge on any atom is -0.244 e. The Hall–Kier alpha value is -2.28. The Morgan fingerprint density at radius 1 is 0.962 bits per heavy atom. The number of pyridine rings is 1. The van der Waals surface area contributed by atoms with Gasteiger partial charge in [-0.05, 0) is 36.4 Å². The van der Waals surface area contributed by atoms with Crippen LogP contribution in [0.3, 0.4) is 0 Å². The summed E-state index contributed by atoms with van der Waals surface area (Å²) >= 11 is 18.3. The third-order valence-corrected chi connectivity index (χ3v) is 4.59. The molecule has 0 fully saturated rings. The van der Waals surface area contributed by atoms with E-state index in [1.165, 1.54) is 29.1 Å². The molecule has 2 heterocycles. The van der Waals surface area contributed by atoms with Crippen LogP contribution in [0.4, 0.5) is 8.78 Å². The first kappa shape index (κ1) is 17.1. The normalized spacial score (nSPS) is 11.3. The van der Waals surface area contributed by atoms with Crippen molar-refractivity contribution in [3.05, 3.63) is 69.4 Å². The molecule has 0 aliphatic rings. The van der Waals surface area contributed by atoms with Crippen LogP contribution in [0.25, 0.3) is 27.8 Å². The molecule has 0 unspecified atom stereocenters. The largest absolute Gasteiger partial charge is 0.244 e. The summed E-state index contributed by atoms with van der Waals surface area (Å²) in [7, 11) is 0. The predicted octanol–water partition coefficient (Wildman–Crippen LogP) is 5.72. The van der Waals surface area contributed by atoms with Crippen LogP contribution in [0.2, 0.25) is 15.2 Å². The number of hydrogen-bond acceptors (Lipinski definition) is 3. The molecule has 0 N–H and O–H groups in total. The Kier molecular flexibility index (Phi) is 4.26. The molecule has 0 aliphatic carbocycles. The summed E-state index contributed by atoms with van der Waals surface area (Å²) in [6.07, 6.45) is 1.44. The van der Waals surface area contributed by atoms with Crippen molar-refractivity contribution in [3.63, 3.8) is 0 Å². The number of fused-ring (bicyclic) bond motifs is 1. The number of halogens is 5. The maximum Gasteiger partial charge on any atom is 0.152 e. The number of hydrogen-bond donors (Lipinski definition) is 0. The lowest BCUT2D eigenvalue weighted by Crippen LogP contribution is -2.02. The molecule has 26 heavy (non-hydrogen) atoms. The van der Waals surface area contributed by atoms with Crippen molar-refractivity contribution in [1.82, 2.24) is 20.0 Å². The highest BCUT2D eigenvalue weighted by atomic mass is 35.5. The lowest BCUT2D eigenvalue weighted by atomic mass is 10.1. The second-order valence-corrected chi connectivity index (χ2v) is 6.58. The van der Waals surface area contributed by atoms with Gasteiger partial charge < -0.3 is 0 Å². The molecule has 0 spiro atoms. The van der Waals surface area contributed by atoms with Crippen LogP contribution in [-0.4, -0.2) is 20.0 Å². The third-order valence-electron chi connectivity index (χ3n) is 3.77. The van der Waals surface area contributed by atoms with E-state index in [-0.39, 0.29) is 26.2 Å². The zero-order valence-corrected chi connectivity index (χ0v) is 15.0. The van der Waals surface area contributed by atoms with Crippen molar-refractivity contribution in [3.8, 4) is 16.8 Å².